The lowest BCUT2D eigenvalue weighted by atomic mass is 9.84. The number of nitrogens with one attached hydrogen (secondary N) is 2. The van der Waals surface area contributed by atoms with Crippen LogP contribution in [0.5, 0.6) is 0 Å². The fourth-order valence-electron chi connectivity index (χ4n) is 11.8. The molecular weight excluding hydrogens is 987 g/mol. The number of pyridine rings is 1. The molecule has 18 nitrogen and oxygen atoms in total. The molecule has 0 radical (unpaired) electrons. The lowest BCUT2D eigenvalue weighted by Crippen LogP contribution is -2.68. The minimum atomic E-state index is -3.54. The predicted molar refractivity (Wildman–Crippen MR) is 278 cm³/mol. The van der Waals surface area contributed by atoms with Crippen molar-refractivity contribution < 1.29 is 46.9 Å². The van der Waals surface area contributed by atoms with E-state index in [1.165, 1.54) is 36.1 Å². The number of carbonyl (C=O) groups is 3. The molecule has 0 unspecified atom stereocenters. The molecule has 21 heteroatoms. The van der Waals surface area contributed by atoms with E-state index >= 15 is 4.79 Å². The number of thiazole rings is 1. The Bertz CT molecular complexity index is 2730. The van der Waals surface area contributed by atoms with E-state index in [4.69, 9.17) is 28.9 Å². The number of alkyl halides is 2. The number of hydroxylamine groups is 2. The van der Waals surface area contributed by atoms with E-state index in [1.54, 1.807) is 7.11 Å². The van der Waals surface area contributed by atoms with Gasteiger partial charge < -0.3 is 33.7 Å². The smallest absolute Gasteiger partial charge is 0.398 e. The molecule has 1 aliphatic carbocycles. The number of hydrazine groups is 1. The quantitative estimate of drug-likeness (QED) is 0.146. The number of methoxy groups -OCH3 is 1. The maximum Gasteiger partial charge on any atom is 0.398 e. The van der Waals surface area contributed by atoms with E-state index in [0.717, 1.165) is 96.5 Å². The van der Waals surface area contributed by atoms with E-state index in [2.05, 4.69) is 73.0 Å². The summed E-state index contributed by atoms with van der Waals surface area (Å²) < 4.78 is 55.7. The molecule has 3 amide bonds. The average molecular weight is 1060 g/mol. The number of fused-ring (bicyclic) bond motifs is 6. The Morgan fingerprint density at radius 1 is 0.987 bits per heavy atom. The number of likely N-dealkylation sites (tertiary alicyclic amines) is 1. The number of halogens is 2. The Labute approximate surface area is 441 Å². The van der Waals surface area contributed by atoms with Crippen molar-refractivity contribution in [1.82, 2.24) is 45.1 Å². The number of cyclic esters (lactones) is 1. The third-order valence-electron chi connectivity index (χ3n) is 16.4. The van der Waals surface area contributed by atoms with Crippen LogP contribution in [0.1, 0.15) is 107 Å². The zero-order valence-corrected chi connectivity index (χ0v) is 44.7. The summed E-state index contributed by atoms with van der Waals surface area (Å²) in [7, 11) is 1.72. The maximum absolute atomic E-state index is 15.0. The van der Waals surface area contributed by atoms with Crippen LogP contribution in [-0.2, 0) is 46.3 Å². The molecule has 406 valence electrons. The van der Waals surface area contributed by atoms with Gasteiger partial charge in [-0.15, -0.1) is 11.3 Å². The van der Waals surface area contributed by atoms with E-state index in [0.29, 0.717) is 80.5 Å². The van der Waals surface area contributed by atoms with E-state index in [1.807, 2.05) is 18.5 Å². The van der Waals surface area contributed by atoms with E-state index < -0.39 is 53.6 Å². The number of amides is 3. The van der Waals surface area contributed by atoms with Gasteiger partial charge in [0.25, 0.3) is 5.91 Å². The molecule has 6 bridgehead atoms. The van der Waals surface area contributed by atoms with Crippen LogP contribution in [0.25, 0.3) is 33.4 Å². The van der Waals surface area contributed by atoms with Crippen LogP contribution >= 0.6 is 11.3 Å². The first kappa shape index (κ1) is 52.2. The number of ether oxygens (including phenoxy) is 4. The third-order valence-corrected chi connectivity index (χ3v) is 17.3. The first-order valence-electron chi connectivity index (χ1n) is 27.1. The number of anilines is 1. The van der Waals surface area contributed by atoms with Gasteiger partial charge in [-0.1, -0.05) is 19.9 Å². The Kier molecular flexibility index (Phi) is 15.0. The van der Waals surface area contributed by atoms with Gasteiger partial charge in [0, 0.05) is 98.5 Å². The normalized spacial score (nSPS) is 26.5. The minimum absolute atomic E-state index is 0.0747. The summed E-state index contributed by atoms with van der Waals surface area (Å²) in [5.74, 6) is -1.03. The highest BCUT2D eigenvalue weighted by atomic mass is 32.1. The number of esters is 1. The summed E-state index contributed by atoms with van der Waals surface area (Å²) in [5.41, 5.74) is 9.99. The number of rotatable bonds is 11. The van der Waals surface area contributed by atoms with Gasteiger partial charge >= 0.3 is 18.1 Å². The van der Waals surface area contributed by atoms with Gasteiger partial charge in [-0.05, 0) is 108 Å². The number of benzene rings is 1. The second-order valence-corrected chi connectivity index (χ2v) is 23.1. The lowest BCUT2D eigenvalue weighted by molar-refractivity contribution is -0.460. The van der Waals surface area contributed by atoms with E-state index in [-0.39, 0.29) is 25.4 Å². The molecular formula is C54H72F2N10O8S. The summed E-state index contributed by atoms with van der Waals surface area (Å²) in [6.07, 6.45) is 5.56. The van der Waals surface area contributed by atoms with Crippen molar-refractivity contribution >= 4 is 45.8 Å². The summed E-state index contributed by atoms with van der Waals surface area (Å²) in [6.45, 7) is 15.2. The van der Waals surface area contributed by atoms with Crippen molar-refractivity contribution in [3.8, 4) is 22.5 Å². The molecule has 5 saturated heterocycles. The maximum atomic E-state index is 15.0. The molecule has 6 fully saturated rings. The van der Waals surface area contributed by atoms with Crippen LogP contribution in [0.3, 0.4) is 0 Å². The summed E-state index contributed by atoms with van der Waals surface area (Å²) in [6, 6.07) is 3.95. The van der Waals surface area contributed by atoms with Crippen molar-refractivity contribution in [2.45, 2.75) is 141 Å². The summed E-state index contributed by atoms with van der Waals surface area (Å²) in [5, 5.41) is 8.32. The zero-order chi connectivity index (χ0) is 52.2. The van der Waals surface area contributed by atoms with Crippen LogP contribution in [0.15, 0.2) is 35.8 Å². The Balaban J connectivity index is 1.06. The Hall–Kier alpha value is -4.87. The highest BCUT2D eigenvalue weighted by Crippen LogP contribution is 2.44. The lowest BCUT2D eigenvalue weighted by Gasteiger charge is -2.44. The van der Waals surface area contributed by atoms with Gasteiger partial charge in [-0.2, -0.15) is 18.7 Å². The number of carbonyl (C=O) groups excluding carboxylic acids is 3. The zero-order valence-electron chi connectivity index (χ0n) is 43.9. The number of piperazine rings is 1. The van der Waals surface area contributed by atoms with Gasteiger partial charge in [-0.3, -0.25) is 29.4 Å². The Morgan fingerprint density at radius 3 is 2.48 bits per heavy atom. The monoisotopic (exact) mass is 1060 g/mol. The van der Waals surface area contributed by atoms with Crippen molar-refractivity contribution in [3.05, 3.63) is 52.1 Å². The molecule has 9 heterocycles. The largest absolute Gasteiger partial charge is 0.464 e. The average Bonchev–Trinajstić information content (AvgIpc) is 3.77. The molecule has 1 saturated carbocycles. The van der Waals surface area contributed by atoms with E-state index in [9.17, 15) is 18.4 Å². The van der Waals surface area contributed by atoms with Gasteiger partial charge in [0.1, 0.15) is 17.1 Å². The molecule has 2 N–H and O–H groups in total. The first-order valence-corrected chi connectivity index (χ1v) is 28.0. The molecule has 0 spiro atoms. The molecule has 1 aromatic carbocycles. The number of urea groups is 1. The topological polar surface area (TPSA) is 168 Å². The molecule has 11 rings (SSSR count). The number of hydrogen-bond acceptors (Lipinski definition) is 15. The third kappa shape index (κ3) is 10.8. The highest BCUT2D eigenvalue weighted by molar-refractivity contribution is 7.10. The summed E-state index contributed by atoms with van der Waals surface area (Å²) in [4.78, 5) is 65.6. The molecule has 7 aliphatic rings. The Morgan fingerprint density at radius 2 is 1.76 bits per heavy atom. The number of nitrogens with zero attached hydrogens (tertiary/aromatic N) is 8. The number of hydrogen-bond donors (Lipinski definition) is 2. The van der Waals surface area contributed by atoms with Gasteiger partial charge in [-0.25, -0.2) is 15.2 Å². The summed E-state index contributed by atoms with van der Waals surface area (Å²) >= 11 is 1.39. The minimum Gasteiger partial charge on any atom is -0.464 e. The molecule has 5 atom stereocenters. The number of aromatic nitrogens is 3. The molecule has 3 aromatic heterocycles. The SMILES string of the molecule is CO[C@@H](C)c1ncc(N2CCN(C3CC3)CC2)cc1-c1c2c3cc(ccc3n1CCOC1CCOCC1)-c1csc(n1)[C@@H](N1CCCC1)[C@H](NC(=O)N1OC(F)(F)[C@H]1C)C(=O)N1CCC[C@H](N1)C(=O)OCC(C)(C)C2. The molecule has 75 heavy (non-hydrogen) atoms. The van der Waals surface area contributed by atoms with Crippen LogP contribution in [0.2, 0.25) is 0 Å². The standard InChI is InChI=1S/C54H72F2N10O8S/c1-33(70-5)45-40(28-37(30-57-45)62-21-19-61(20-22-62)36-11-12-36)47-41-29-53(3,4)32-73-51(68)42-9-8-18-65(60-42)50(67)46(59-52(69)66-34(2)54(55,56)74-66)48(63-16-6-7-17-63)49-58-43(31-75-49)35-10-13-44(39(41)27-35)64(47)23-26-72-38-14-24-71-25-15-38/h10,13,27-28,30-31,33-34,36,38,42,46,48,60H,6-9,11-12,14-26,29,32H2,1-5H3,(H,59,69)/t33-,34+,42-,46-,48-/m0/s1. The highest BCUT2D eigenvalue weighted by Gasteiger charge is 2.58. The van der Waals surface area contributed by atoms with Crippen LogP contribution in [0, 0.1) is 5.41 Å². The van der Waals surface area contributed by atoms with Crippen molar-refractivity contribution in [2.24, 2.45) is 5.41 Å². The van der Waals surface area contributed by atoms with Crippen LogP contribution in [0.4, 0.5) is 19.3 Å². The first-order chi connectivity index (χ1) is 36.2. The van der Waals surface area contributed by atoms with Gasteiger partial charge in [0.05, 0.1) is 60.4 Å². The van der Waals surface area contributed by atoms with Crippen LogP contribution < -0.4 is 15.6 Å². The van der Waals surface area contributed by atoms with Crippen molar-refractivity contribution in [1.29, 1.82) is 0 Å². The predicted octanol–water partition coefficient (Wildman–Crippen LogP) is 7.08. The molecule has 4 aromatic rings. The van der Waals surface area contributed by atoms with Crippen molar-refractivity contribution in [3.63, 3.8) is 0 Å². The fraction of sp³-hybridized carbons (Fsp3) is 0.648. The molecule has 6 aliphatic heterocycles. The van der Waals surface area contributed by atoms with Crippen LogP contribution in [-0.4, -0.2) is 168 Å². The second kappa shape index (κ2) is 21.5. The van der Waals surface area contributed by atoms with Crippen molar-refractivity contribution in [2.75, 3.05) is 84.3 Å². The fourth-order valence-corrected chi connectivity index (χ4v) is 12.8. The van der Waals surface area contributed by atoms with Gasteiger partial charge in [0.2, 0.25) is 0 Å². The van der Waals surface area contributed by atoms with Gasteiger partial charge in [0.15, 0.2) is 6.04 Å². The second-order valence-electron chi connectivity index (χ2n) is 22.3.